The van der Waals surface area contributed by atoms with E-state index >= 15 is 0 Å². The number of rotatable bonds is 5. The number of benzene rings is 1. The van der Waals surface area contributed by atoms with Crippen molar-refractivity contribution in [1.29, 1.82) is 0 Å². The van der Waals surface area contributed by atoms with Crippen LogP contribution in [0.3, 0.4) is 0 Å². The standard InChI is InChI=1S/C9H11N3O4S/c1-2-5-17(15,16)11-8-6-7(10)3-4-9(8)12(13)14/h2-4,6,11H,1,5,10H2. The van der Waals surface area contributed by atoms with Crippen molar-refractivity contribution >= 4 is 27.1 Å². The van der Waals surface area contributed by atoms with E-state index in [1.165, 1.54) is 18.2 Å². The zero-order valence-electron chi connectivity index (χ0n) is 8.79. The van der Waals surface area contributed by atoms with Crippen molar-refractivity contribution in [2.45, 2.75) is 0 Å². The van der Waals surface area contributed by atoms with Gasteiger partial charge in [0.1, 0.15) is 5.69 Å². The number of nitro benzene ring substituents is 1. The monoisotopic (exact) mass is 257 g/mol. The van der Waals surface area contributed by atoms with Crippen molar-refractivity contribution in [2.75, 3.05) is 16.2 Å². The molecule has 17 heavy (non-hydrogen) atoms. The van der Waals surface area contributed by atoms with Crippen LogP contribution in [0, 0.1) is 10.1 Å². The SMILES string of the molecule is C=CCS(=O)(=O)Nc1cc(N)ccc1[N+](=O)[O-]. The molecule has 1 rings (SSSR count). The van der Waals surface area contributed by atoms with Gasteiger partial charge < -0.3 is 5.73 Å². The number of anilines is 2. The predicted molar refractivity (Wildman–Crippen MR) is 65.1 cm³/mol. The van der Waals surface area contributed by atoms with Crippen LogP contribution in [-0.2, 0) is 10.0 Å². The molecule has 0 saturated heterocycles. The minimum atomic E-state index is -3.69. The molecule has 0 fully saturated rings. The Bertz CT molecular complexity index is 553. The van der Waals surface area contributed by atoms with Gasteiger partial charge in [-0.05, 0) is 12.1 Å². The molecule has 0 aliphatic carbocycles. The van der Waals surface area contributed by atoms with Gasteiger partial charge in [0.25, 0.3) is 5.69 Å². The van der Waals surface area contributed by atoms with Crippen LogP contribution in [0.15, 0.2) is 30.9 Å². The average molecular weight is 257 g/mol. The third-order valence-electron chi connectivity index (χ3n) is 1.82. The van der Waals surface area contributed by atoms with Crippen molar-refractivity contribution in [3.8, 4) is 0 Å². The number of nitrogens with two attached hydrogens (primary N) is 1. The number of nitrogens with zero attached hydrogens (tertiary/aromatic N) is 1. The van der Waals surface area contributed by atoms with Crippen LogP contribution in [0.4, 0.5) is 17.1 Å². The fourth-order valence-corrected chi connectivity index (χ4v) is 2.05. The largest absolute Gasteiger partial charge is 0.399 e. The van der Waals surface area contributed by atoms with Crippen LogP contribution in [0.1, 0.15) is 0 Å². The second-order valence-electron chi connectivity index (χ2n) is 3.21. The van der Waals surface area contributed by atoms with E-state index in [4.69, 9.17) is 5.73 Å². The van der Waals surface area contributed by atoms with Crippen LogP contribution < -0.4 is 10.5 Å². The fraction of sp³-hybridized carbons (Fsp3) is 0.111. The Morgan fingerprint density at radius 3 is 2.71 bits per heavy atom. The maximum absolute atomic E-state index is 11.4. The maximum atomic E-state index is 11.4. The van der Waals surface area contributed by atoms with Gasteiger partial charge in [0.2, 0.25) is 10.0 Å². The predicted octanol–water partition coefficient (Wildman–Crippen LogP) is 1.10. The number of nitrogen functional groups attached to an aromatic ring is 1. The summed E-state index contributed by atoms with van der Waals surface area (Å²) in [5.74, 6) is -0.334. The Hall–Kier alpha value is -2.09. The second-order valence-corrected chi connectivity index (χ2v) is 4.97. The van der Waals surface area contributed by atoms with Gasteiger partial charge in [-0.3, -0.25) is 14.8 Å². The minimum absolute atomic E-state index is 0.156. The van der Waals surface area contributed by atoms with E-state index in [0.717, 1.165) is 6.07 Å². The molecule has 1 aromatic carbocycles. The summed E-state index contributed by atoms with van der Waals surface area (Å²) in [6.45, 7) is 3.28. The van der Waals surface area contributed by atoms with Gasteiger partial charge in [0, 0.05) is 11.8 Å². The summed E-state index contributed by atoms with van der Waals surface area (Å²) in [6, 6.07) is 3.66. The molecule has 1 aromatic rings. The van der Waals surface area contributed by atoms with Crippen LogP contribution in [0.2, 0.25) is 0 Å². The Balaban J connectivity index is 3.17. The van der Waals surface area contributed by atoms with Gasteiger partial charge in [0.15, 0.2) is 0 Å². The van der Waals surface area contributed by atoms with E-state index in [2.05, 4.69) is 11.3 Å². The minimum Gasteiger partial charge on any atom is -0.399 e. The molecule has 8 heteroatoms. The smallest absolute Gasteiger partial charge is 0.293 e. The molecule has 0 atom stereocenters. The highest BCUT2D eigenvalue weighted by Gasteiger charge is 2.18. The molecule has 0 aromatic heterocycles. The Morgan fingerprint density at radius 2 is 2.18 bits per heavy atom. The topological polar surface area (TPSA) is 115 Å². The highest BCUT2D eigenvalue weighted by molar-refractivity contribution is 7.92. The zero-order chi connectivity index (χ0) is 13.1. The zero-order valence-corrected chi connectivity index (χ0v) is 9.61. The molecular formula is C9H11N3O4S. The van der Waals surface area contributed by atoms with Gasteiger partial charge in [0.05, 0.1) is 10.7 Å². The van der Waals surface area contributed by atoms with Crippen LogP contribution in [-0.4, -0.2) is 19.1 Å². The molecule has 0 unspecified atom stereocenters. The van der Waals surface area contributed by atoms with Crippen LogP contribution in [0.25, 0.3) is 0 Å². The lowest BCUT2D eigenvalue weighted by Gasteiger charge is -2.07. The highest BCUT2D eigenvalue weighted by atomic mass is 32.2. The Kier molecular flexibility index (Phi) is 3.69. The molecule has 0 spiro atoms. The van der Waals surface area contributed by atoms with Crippen molar-refractivity contribution in [3.63, 3.8) is 0 Å². The Morgan fingerprint density at radius 1 is 1.53 bits per heavy atom. The normalized spacial score (nSPS) is 10.8. The van der Waals surface area contributed by atoms with Crippen molar-refractivity contribution in [2.24, 2.45) is 0 Å². The van der Waals surface area contributed by atoms with E-state index in [1.807, 2.05) is 0 Å². The molecule has 0 heterocycles. The number of nitrogens with one attached hydrogen (secondary N) is 1. The van der Waals surface area contributed by atoms with Gasteiger partial charge >= 0.3 is 0 Å². The summed E-state index contributed by atoms with van der Waals surface area (Å²) >= 11 is 0. The number of nitro groups is 1. The molecule has 7 nitrogen and oxygen atoms in total. The third-order valence-corrected chi connectivity index (χ3v) is 3.03. The van der Waals surface area contributed by atoms with Crippen LogP contribution >= 0.6 is 0 Å². The first-order valence-corrected chi connectivity index (χ1v) is 6.16. The molecular weight excluding hydrogens is 246 g/mol. The molecule has 0 radical (unpaired) electrons. The third kappa shape index (κ3) is 3.45. The first kappa shape index (κ1) is 13.0. The first-order valence-electron chi connectivity index (χ1n) is 4.51. The molecule has 0 saturated carbocycles. The summed E-state index contributed by atoms with van der Waals surface area (Å²) in [4.78, 5) is 10.00. The quantitative estimate of drug-likeness (QED) is 0.354. The summed E-state index contributed by atoms with van der Waals surface area (Å²) < 4.78 is 25.0. The lowest BCUT2D eigenvalue weighted by molar-refractivity contribution is -0.383. The fourth-order valence-electron chi connectivity index (χ4n) is 1.16. The lowest BCUT2D eigenvalue weighted by Crippen LogP contribution is -2.16. The molecule has 0 aliphatic heterocycles. The van der Waals surface area contributed by atoms with Crippen molar-refractivity contribution in [3.05, 3.63) is 41.0 Å². The maximum Gasteiger partial charge on any atom is 0.293 e. The highest BCUT2D eigenvalue weighted by Crippen LogP contribution is 2.27. The molecule has 0 bridgehead atoms. The van der Waals surface area contributed by atoms with E-state index in [1.54, 1.807) is 0 Å². The Labute approximate surface area is 98.1 Å². The number of hydrogen-bond acceptors (Lipinski definition) is 5. The second kappa shape index (κ2) is 4.83. The average Bonchev–Trinajstić information content (AvgIpc) is 2.15. The summed E-state index contributed by atoms with van der Waals surface area (Å²) in [6.07, 6.45) is 1.18. The summed E-state index contributed by atoms with van der Waals surface area (Å²) in [7, 11) is -3.69. The van der Waals surface area contributed by atoms with E-state index in [9.17, 15) is 18.5 Å². The van der Waals surface area contributed by atoms with E-state index in [-0.39, 0.29) is 22.8 Å². The van der Waals surface area contributed by atoms with Crippen molar-refractivity contribution in [1.82, 2.24) is 0 Å². The summed E-state index contributed by atoms with van der Waals surface area (Å²) in [5, 5.41) is 10.7. The summed E-state index contributed by atoms with van der Waals surface area (Å²) in [5.41, 5.74) is 5.16. The number of sulfonamides is 1. The van der Waals surface area contributed by atoms with E-state index in [0.29, 0.717) is 0 Å². The van der Waals surface area contributed by atoms with Gasteiger partial charge in [-0.2, -0.15) is 0 Å². The lowest BCUT2D eigenvalue weighted by atomic mass is 10.2. The molecule has 3 N–H and O–H groups in total. The van der Waals surface area contributed by atoms with E-state index < -0.39 is 14.9 Å². The molecule has 0 aliphatic rings. The molecule has 92 valence electrons. The van der Waals surface area contributed by atoms with Crippen LogP contribution in [0.5, 0.6) is 0 Å². The first-order chi connectivity index (χ1) is 7.85. The van der Waals surface area contributed by atoms with Gasteiger partial charge in [-0.15, -0.1) is 6.58 Å². The van der Waals surface area contributed by atoms with Crippen molar-refractivity contribution < 1.29 is 13.3 Å². The number of hydrogen-bond donors (Lipinski definition) is 2. The van der Waals surface area contributed by atoms with Gasteiger partial charge in [-0.1, -0.05) is 6.08 Å². The molecule has 0 amide bonds. The van der Waals surface area contributed by atoms with Gasteiger partial charge in [-0.25, -0.2) is 8.42 Å².